The van der Waals surface area contributed by atoms with E-state index in [4.69, 9.17) is 10.5 Å². The molecule has 0 spiro atoms. The lowest BCUT2D eigenvalue weighted by molar-refractivity contribution is 0.149. The summed E-state index contributed by atoms with van der Waals surface area (Å²) in [6.07, 6.45) is -0.681. The number of rotatable bonds is 3. The van der Waals surface area contributed by atoms with Crippen molar-refractivity contribution < 1.29 is 9.84 Å². The van der Waals surface area contributed by atoms with Crippen LogP contribution in [0.3, 0.4) is 0 Å². The molecule has 0 bridgehead atoms. The van der Waals surface area contributed by atoms with E-state index >= 15 is 0 Å². The molecule has 0 saturated carbocycles. The number of ether oxygens (including phenoxy) is 1. The molecule has 2 atom stereocenters. The predicted molar refractivity (Wildman–Crippen MR) is 61.1 cm³/mol. The van der Waals surface area contributed by atoms with E-state index in [1.54, 1.807) is 14.0 Å². The highest BCUT2D eigenvalue weighted by atomic mass is 16.5. The van der Waals surface area contributed by atoms with E-state index in [9.17, 15) is 5.11 Å². The van der Waals surface area contributed by atoms with Crippen LogP contribution in [0, 0.1) is 13.8 Å². The molecule has 2 unspecified atom stereocenters. The Morgan fingerprint density at radius 2 is 1.80 bits per heavy atom. The molecule has 1 aromatic rings. The Bertz CT molecular complexity index is 348. The zero-order valence-corrected chi connectivity index (χ0v) is 9.74. The van der Waals surface area contributed by atoms with Crippen molar-refractivity contribution >= 4 is 0 Å². The average molecular weight is 209 g/mol. The lowest BCUT2D eigenvalue weighted by Gasteiger charge is -2.19. The van der Waals surface area contributed by atoms with Crippen molar-refractivity contribution in [3.05, 3.63) is 28.8 Å². The number of methoxy groups -OCH3 is 1. The molecule has 15 heavy (non-hydrogen) atoms. The highest BCUT2D eigenvalue weighted by Gasteiger charge is 2.17. The molecule has 84 valence electrons. The van der Waals surface area contributed by atoms with E-state index in [1.165, 1.54) is 0 Å². The van der Waals surface area contributed by atoms with E-state index in [2.05, 4.69) is 0 Å². The molecule has 1 aromatic carbocycles. The van der Waals surface area contributed by atoms with Crippen LogP contribution in [0.5, 0.6) is 5.75 Å². The molecule has 0 aliphatic heterocycles. The first-order chi connectivity index (χ1) is 6.97. The maximum absolute atomic E-state index is 9.92. The van der Waals surface area contributed by atoms with Gasteiger partial charge in [-0.1, -0.05) is 0 Å². The normalized spacial score (nSPS) is 14.8. The van der Waals surface area contributed by atoms with Crippen LogP contribution in [0.4, 0.5) is 0 Å². The van der Waals surface area contributed by atoms with Gasteiger partial charge in [0.2, 0.25) is 0 Å². The van der Waals surface area contributed by atoms with E-state index < -0.39 is 6.10 Å². The summed E-state index contributed by atoms with van der Waals surface area (Å²) < 4.78 is 5.24. The van der Waals surface area contributed by atoms with Gasteiger partial charge in [-0.05, 0) is 44.0 Å². The van der Waals surface area contributed by atoms with E-state index in [-0.39, 0.29) is 6.04 Å². The summed E-state index contributed by atoms with van der Waals surface area (Å²) in [5.74, 6) is 0.697. The minimum absolute atomic E-state index is 0.305. The molecule has 0 saturated heterocycles. The molecule has 0 aliphatic rings. The third-order valence-corrected chi connectivity index (χ3v) is 2.66. The Labute approximate surface area is 90.9 Å². The molecule has 3 heteroatoms. The van der Waals surface area contributed by atoms with E-state index in [0.717, 1.165) is 16.7 Å². The third-order valence-electron chi connectivity index (χ3n) is 2.66. The first-order valence-electron chi connectivity index (χ1n) is 5.06. The van der Waals surface area contributed by atoms with Crippen LogP contribution >= 0.6 is 0 Å². The minimum atomic E-state index is -0.681. The SMILES string of the molecule is COc1cc(C)c(C)cc1C(O)C(C)N. The molecule has 0 heterocycles. The molecule has 0 amide bonds. The Balaban J connectivity index is 3.21. The van der Waals surface area contributed by atoms with Gasteiger partial charge in [-0.2, -0.15) is 0 Å². The second-order valence-corrected chi connectivity index (χ2v) is 3.98. The van der Waals surface area contributed by atoms with Crippen molar-refractivity contribution in [2.45, 2.75) is 32.9 Å². The zero-order chi connectivity index (χ0) is 11.6. The standard InChI is InChI=1S/C12H19NO2/c1-7-5-10(12(14)9(3)13)11(15-4)6-8(7)2/h5-6,9,12,14H,13H2,1-4H3. The summed E-state index contributed by atoms with van der Waals surface area (Å²) in [7, 11) is 1.60. The van der Waals surface area contributed by atoms with Crippen molar-refractivity contribution in [1.82, 2.24) is 0 Å². The molecular weight excluding hydrogens is 190 g/mol. The Kier molecular flexibility index (Phi) is 3.72. The van der Waals surface area contributed by atoms with Crippen LogP contribution in [0.15, 0.2) is 12.1 Å². The molecule has 3 nitrogen and oxygen atoms in total. The lowest BCUT2D eigenvalue weighted by atomic mass is 9.98. The van der Waals surface area contributed by atoms with Crippen LogP contribution in [0.25, 0.3) is 0 Å². The van der Waals surface area contributed by atoms with Gasteiger partial charge in [0.15, 0.2) is 0 Å². The summed E-state index contributed by atoms with van der Waals surface area (Å²) >= 11 is 0. The number of hydrogen-bond donors (Lipinski definition) is 2. The fraction of sp³-hybridized carbons (Fsp3) is 0.500. The number of benzene rings is 1. The van der Waals surface area contributed by atoms with Crippen molar-refractivity contribution in [2.24, 2.45) is 5.73 Å². The van der Waals surface area contributed by atoms with Crippen molar-refractivity contribution in [3.8, 4) is 5.75 Å². The van der Waals surface area contributed by atoms with Gasteiger partial charge in [0.1, 0.15) is 5.75 Å². The molecule has 1 rings (SSSR count). The Morgan fingerprint density at radius 3 is 2.27 bits per heavy atom. The maximum atomic E-state index is 9.92. The van der Waals surface area contributed by atoms with E-state index in [0.29, 0.717) is 5.75 Å². The van der Waals surface area contributed by atoms with Crippen molar-refractivity contribution in [3.63, 3.8) is 0 Å². The highest BCUT2D eigenvalue weighted by Crippen LogP contribution is 2.29. The van der Waals surface area contributed by atoms with Crippen LogP contribution in [-0.2, 0) is 0 Å². The highest BCUT2D eigenvalue weighted by molar-refractivity contribution is 5.43. The Hall–Kier alpha value is -1.06. The predicted octanol–water partition coefficient (Wildman–Crippen LogP) is 1.69. The summed E-state index contributed by atoms with van der Waals surface area (Å²) in [4.78, 5) is 0. The van der Waals surface area contributed by atoms with Gasteiger partial charge in [-0.15, -0.1) is 0 Å². The molecule has 0 radical (unpaired) electrons. The number of aryl methyl sites for hydroxylation is 2. The number of nitrogens with two attached hydrogens (primary N) is 1. The monoisotopic (exact) mass is 209 g/mol. The summed E-state index contributed by atoms with van der Waals surface area (Å²) in [6.45, 7) is 5.80. The maximum Gasteiger partial charge on any atom is 0.125 e. The number of aliphatic hydroxyl groups excluding tert-OH is 1. The topological polar surface area (TPSA) is 55.5 Å². The molecule has 0 aromatic heterocycles. The lowest BCUT2D eigenvalue weighted by Crippen LogP contribution is -2.24. The number of aliphatic hydroxyl groups is 1. The van der Waals surface area contributed by atoms with Crippen LogP contribution < -0.4 is 10.5 Å². The smallest absolute Gasteiger partial charge is 0.125 e. The van der Waals surface area contributed by atoms with Crippen molar-refractivity contribution in [2.75, 3.05) is 7.11 Å². The zero-order valence-electron chi connectivity index (χ0n) is 9.74. The third kappa shape index (κ3) is 2.49. The first kappa shape index (κ1) is 12.0. The summed E-state index contributed by atoms with van der Waals surface area (Å²) in [5.41, 5.74) is 8.71. The quantitative estimate of drug-likeness (QED) is 0.796. The average Bonchev–Trinajstić information content (AvgIpc) is 2.20. The summed E-state index contributed by atoms with van der Waals surface area (Å²) in [6, 6.07) is 3.55. The van der Waals surface area contributed by atoms with Gasteiger partial charge in [0.25, 0.3) is 0 Å². The molecule has 3 N–H and O–H groups in total. The first-order valence-corrected chi connectivity index (χ1v) is 5.06. The fourth-order valence-electron chi connectivity index (χ4n) is 1.50. The van der Waals surface area contributed by atoms with Gasteiger partial charge >= 0.3 is 0 Å². The van der Waals surface area contributed by atoms with Gasteiger partial charge in [0.05, 0.1) is 13.2 Å². The van der Waals surface area contributed by atoms with Crippen molar-refractivity contribution in [1.29, 1.82) is 0 Å². The number of hydrogen-bond acceptors (Lipinski definition) is 3. The molecular formula is C12H19NO2. The second-order valence-electron chi connectivity index (χ2n) is 3.98. The minimum Gasteiger partial charge on any atom is -0.496 e. The molecule has 0 aliphatic carbocycles. The van der Waals surface area contributed by atoms with Gasteiger partial charge in [0, 0.05) is 11.6 Å². The molecule has 0 fully saturated rings. The van der Waals surface area contributed by atoms with Crippen LogP contribution in [0.2, 0.25) is 0 Å². The van der Waals surface area contributed by atoms with Gasteiger partial charge in [-0.25, -0.2) is 0 Å². The second kappa shape index (κ2) is 4.64. The van der Waals surface area contributed by atoms with Gasteiger partial charge in [-0.3, -0.25) is 0 Å². The summed E-state index contributed by atoms with van der Waals surface area (Å²) in [5, 5.41) is 9.92. The Morgan fingerprint density at radius 1 is 1.27 bits per heavy atom. The van der Waals surface area contributed by atoms with Crippen LogP contribution in [0.1, 0.15) is 29.7 Å². The largest absolute Gasteiger partial charge is 0.496 e. The van der Waals surface area contributed by atoms with Crippen LogP contribution in [-0.4, -0.2) is 18.3 Å². The van der Waals surface area contributed by atoms with Gasteiger partial charge < -0.3 is 15.6 Å². The fourth-order valence-corrected chi connectivity index (χ4v) is 1.50. The van der Waals surface area contributed by atoms with E-state index in [1.807, 2.05) is 26.0 Å².